The van der Waals surface area contributed by atoms with E-state index in [1.54, 1.807) is 0 Å². The van der Waals surface area contributed by atoms with Crippen LogP contribution in [0.25, 0.3) is 0 Å². The normalized spacial score (nSPS) is 20.1. The molecule has 122 valence electrons. The number of fused-ring (bicyclic) bond motifs is 1. The Morgan fingerprint density at radius 2 is 1.77 bits per heavy atom. The molecule has 3 rings (SSSR count). The largest absolute Gasteiger partial charge is 0.486 e. The highest BCUT2D eigenvalue weighted by molar-refractivity contribution is 5.43. The highest BCUT2D eigenvalue weighted by Crippen LogP contribution is 2.30. The number of nitrogens with one attached hydrogen (secondary N) is 1. The molecule has 0 saturated carbocycles. The first kappa shape index (κ1) is 15.6. The number of hydrogen-bond acceptors (Lipinski definition) is 4. The van der Waals surface area contributed by atoms with Gasteiger partial charge in [0, 0.05) is 31.2 Å². The summed E-state index contributed by atoms with van der Waals surface area (Å²) in [6, 6.07) is 6.87. The van der Waals surface area contributed by atoms with Crippen LogP contribution in [-0.2, 0) is 6.54 Å². The first-order valence-electron chi connectivity index (χ1n) is 8.39. The second kappa shape index (κ2) is 6.47. The van der Waals surface area contributed by atoms with Crippen LogP contribution in [-0.4, -0.2) is 42.8 Å². The van der Waals surface area contributed by atoms with Gasteiger partial charge in [0.1, 0.15) is 13.2 Å². The van der Waals surface area contributed by atoms with E-state index < -0.39 is 0 Å². The van der Waals surface area contributed by atoms with Gasteiger partial charge in [-0.25, -0.2) is 0 Å². The molecule has 2 heterocycles. The lowest BCUT2D eigenvalue weighted by atomic mass is 9.98. The summed E-state index contributed by atoms with van der Waals surface area (Å²) in [5, 5.41) is 3.69. The Hall–Kier alpha value is -1.26. The van der Waals surface area contributed by atoms with E-state index in [1.807, 2.05) is 6.07 Å². The molecule has 0 aromatic heterocycles. The lowest BCUT2D eigenvalue weighted by Gasteiger charge is -2.41. The van der Waals surface area contributed by atoms with Gasteiger partial charge in [0.05, 0.1) is 0 Å². The highest BCUT2D eigenvalue weighted by Gasteiger charge is 2.26. The van der Waals surface area contributed by atoms with E-state index in [1.165, 1.54) is 31.5 Å². The third-order valence-electron chi connectivity index (χ3n) is 4.65. The van der Waals surface area contributed by atoms with E-state index in [0.717, 1.165) is 18.0 Å². The quantitative estimate of drug-likeness (QED) is 0.931. The van der Waals surface area contributed by atoms with Gasteiger partial charge in [-0.15, -0.1) is 0 Å². The van der Waals surface area contributed by atoms with E-state index in [2.05, 4.69) is 43.1 Å². The molecule has 1 fully saturated rings. The Morgan fingerprint density at radius 3 is 2.45 bits per heavy atom. The zero-order valence-electron chi connectivity index (χ0n) is 14.0. The highest BCUT2D eigenvalue weighted by atomic mass is 16.6. The molecule has 2 aliphatic heterocycles. The molecule has 1 aromatic carbocycles. The van der Waals surface area contributed by atoms with Crippen LogP contribution in [0.1, 0.15) is 39.2 Å². The minimum absolute atomic E-state index is 0.292. The Balaban J connectivity index is 1.49. The van der Waals surface area contributed by atoms with E-state index >= 15 is 0 Å². The molecule has 22 heavy (non-hydrogen) atoms. The van der Waals surface area contributed by atoms with E-state index in [-0.39, 0.29) is 0 Å². The smallest absolute Gasteiger partial charge is 0.161 e. The van der Waals surface area contributed by atoms with Crippen LogP contribution in [0.15, 0.2) is 18.2 Å². The maximum Gasteiger partial charge on any atom is 0.161 e. The Morgan fingerprint density at radius 1 is 1.09 bits per heavy atom. The van der Waals surface area contributed by atoms with Crippen LogP contribution in [0.5, 0.6) is 11.5 Å². The maximum atomic E-state index is 5.65. The van der Waals surface area contributed by atoms with Gasteiger partial charge in [0.25, 0.3) is 0 Å². The Labute approximate surface area is 133 Å². The molecule has 2 aliphatic rings. The molecule has 0 spiro atoms. The third-order valence-corrected chi connectivity index (χ3v) is 4.65. The minimum atomic E-state index is 0.292. The predicted octanol–water partition coefficient (Wildman–Crippen LogP) is 2.81. The van der Waals surface area contributed by atoms with Gasteiger partial charge in [-0.2, -0.15) is 0 Å². The van der Waals surface area contributed by atoms with Gasteiger partial charge in [0.2, 0.25) is 0 Å². The first-order chi connectivity index (χ1) is 10.5. The number of ether oxygens (including phenoxy) is 2. The van der Waals surface area contributed by atoms with Crippen LogP contribution in [0.3, 0.4) is 0 Å². The summed E-state index contributed by atoms with van der Waals surface area (Å²) in [6.45, 7) is 11.5. The predicted molar refractivity (Wildman–Crippen MR) is 88.6 cm³/mol. The van der Waals surface area contributed by atoms with Crippen molar-refractivity contribution in [1.82, 2.24) is 10.2 Å². The van der Waals surface area contributed by atoms with Crippen LogP contribution in [0, 0.1) is 0 Å². The number of piperidine rings is 1. The molecule has 4 nitrogen and oxygen atoms in total. The maximum absolute atomic E-state index is 5.65. The van der Waals surface area contributed by atoms with E-state index in [9.17, 15) is 0 Å². The molecule has 1 saturated heterocycles. The van der Waals surface area contributed by atoms with Crippen molar-refractivity contribution in [2.75, 3.05) is 26.3 Å². The number of rotatable bonds is 3. The zero-order valence-corrected chi connectivity index (χ0v) is 14.0. The second-order valence-corrected chi connectivity index (χ2v) is 7.29. The van der Waals surface area contributed by atoms with E-state index in [4.69, 9.17) is 9.47 Å². The monoisotopic (exact) mass is 304 g/mol. The van der Waals surface area contributed by atoms with Crippen molar-refractivity contribution >= 4 is 0 Å². The molecule has 0 amide bonds. The van der Waals surface area contributed by atoms with Crippen molar-refractivity contribution in [3.63, 3.8) is 0 Å². The number of benzene rings is 1. The summed E-state index contributed by atoms with van der Waals surface area (Å²) in [7, 11) is 0. The van der Waals surface area contributed by atoms with Gasteiger partial charge in [0.15, 0.2) is 11.5 Å². The van der Waals surface area contributed by atoms with Gasteiger partial charge in [-0.1, -0.05) is 6.07 Å². The van der Waals surface area contributed by atoms with Crippen LogP contribution in [0.4, 0.5) is 0 Å². The first-order valence-corrected chi connectivity index (χ1v) is 8.39. The van der Waals surface area contributed by atoms with Crippen molar-refractivity contribution in [3.05, 3.63) is 23.8 Å². The molecule has 1 aromatic rings. The van der Waals surface area contributed by atoms with Crippen molar-refractivity contribution in [3.8, 4) is 11.5 Å². The van der Waals surface area contributed by atoms with Crippen molar-refractivity contribution in [2.45, 2.75) is 51.7 Å². The standard InChI is InChI=1S/C18H28N2O2/c1-18(2,3)20-8-6-15(7-9-20)19-13-14-4-5-16-17(12-14)22-11-10-21-16/h4-5,12,15,19H,6-11,13H2,1-3H3. The van der Waals surface area contributed by atoms with Crippen LogP contribution < -0.4 is 14.8 Å². The lowest BCUT2D eigenvalue weighted by molar-refractivity contribution is 0.0960. The fourth-order valence-electron chi connectivity index (χ4n) is 3.21. The fraction of sp³-hybridized carbons (Fsp3) is 0.667. The zero-order chi connectivity index (χ0) is 15.6. The number of nitrogens with zero attached hydrogens (tertiary/aromatic N) is 1. The SMILES string of the molecule is CC(C)(C)N1CCC(NCc2ccc3c(c2)OCCO3)CC1. The summed E-state index contributed by atoms with van der Waals surface area (Å²) in [4.78, 5) is 2.58. The Kier molecular flexibility index (Phi) is 4.59. The van der Waals surface area contributed by atoms with E-state index in [0.29, 0.717) is 24.8 Å². The molecule has 4 heteroatoms. The molecular weight excluding hydrogens is 276 g/mol. The summed E-state index contributed by atoms with van der Waals surface area (Å²) in [5.41, 5.74) is 1.56. The summed E-state index contributed by atoms with van der Waals surface area (Å²) >= 11 is 0. The van der Waals surface area contributed by atoms with Gasteiger partial charge in [-0.05, 0) is 51.3 Å². The van der Waals surface area contributed by atoms with Crippen molar-refractivity contribution < 1.29 is 9.47 Å². The van der Waals surface area contributed by atoms with Crippen LogP contribution >= 0.6 is 0 Å². The molecule has 1 N–H and O–H groups in total. The lowest BCUT2D eigenvalue weighted by Crippen LogP contribution is -2.49. The minimum Gasteiger partial charge on any atom is -0.486 e. The topological polar surface area (TPSA) is 33.7 Å². The molecule has 0 bridgehead atoms. The average molecular weight is 304 g/mol. The average Bonchev–Trinajstić information content (AvgIpc) is 2.52. The van der Waals surface area contributed by atoms with Gasteiger partial charge >= 0.3 is 0 Å². The number of likely N-dealkylation sites (tertiary alicyclic amines) is 1. The second-order valence-electron chi connectivity index (χ2n) is 7.29. The summed E-state index contributed by atoms with van der Waals surface area (Å²) in [5.74, 6) is 1.75. The fourth-order valence-corrected chi connectivity index (χ4v) is 3.21. The molecule has 0 radical (unpaired) electrons. The molecular formula is C18H28N2O2. The van der Waals surface area contributed by atoms with Gasteiger partial charge in [-0.3, -0.25) is 4.90 Å². The van der Waals surface area contributed by atoms with Crippen LogP contribution in [0.2, 0.25) is 0 Å². The summed E-state index contributed by atoms with van der Waals surface area (Å²) < 4.78 is 11.2. The molecule has 0 unspecified atom stereocenters. The molecule has 0 atom stereocenters. The van der Waals surface area contributed by atoms with Crippen molar-refractivity contribution in [2.24, 2.45) is 0 Å². The third kappa shape index (κ3) is 3.73. The van der Waals surface area contributed by atoms with Crippen molar-refractivity contribution in [1.29, 1.82) is 0 Å². The summed E-state index contributed by atoms with van der Waals surface area (Å²) in [6.07, 6.45) is 2.45. The van der Waals surface area contributed by atoms with Gasteiger partial charge < -0.3 is 14.8 Å². The number of hydrogen-bond donors (Lipinski definition) is 1. The Bertz CT molecular complexity index is 502. The molecule has 0 aliphatic carbocycles.